The average molecular weight is 387 g/mol. The summed E-state index contributed by atoms with van der Waals surface area (Å²) in [7, 11) is 0. The zero-order valence-electron chi connectivity index (χ0n) is 17.0. The summed E-state index contributed by atoms with van der Waals surface area (Å²) in [4.78, 5) is 17.8. The third-order valence-electron chi connectivity index (χ3n) is 7.30. The van der Waals surface area contributed by atoms with Crippen molar-refractivity contribution >= 4 is 11.7 Å². The van der Waals surface area contributed by atoms with Crippen LogP contribution in [0, 0.1) is 23.2 Å². The quantitative estimate of drug-likeness (QED) is 0.526. The van der Waals surface area contributed by atoms with Gasteiger partial charge in [-0.2, -0.15) is 0 Å². The molecular weight excluding hydrogens is 356 g/mol. The lowest BCUT2D eigenvalue weighted by Crippen LogP contribution is -2.48. The topological polar surface area (TPSA) is 41.5 Å². The third-order valence-corrected chi connectivity index (χ3v) is 7.30. The molecule has 4 bridgehead atoms. The summed E-state index contributed by atoms with van der Waals surface area (Å²) in [6.45, 7) is 0.623. The van der Waals surface area contributed by atoms with E-state index in [0.717, 1.165) is 30.0 Å². The van der Waals surface area contributed by atoms with Crippen LogP contribution in [0.3, 0.4) is 0 Å². The lowest BCUT2D eigenvalue weighted by Gasteiger charge is -2.57. The van der Waals surface area contributed by atoms with Gasteiger partial charge in [-0.05, 0) is 79.4 Å². The second kappa shape index (κ2) is 7.78. The predicted octanol–water partition coefficient (Wildman–Crippen LogP) is 5.62. The summed E-state index contributed by atoms with van der Waals surface area (Å²) in [5.41, 5.74) is 2.24. The first-order valence-corrected chi connectivity index (χ1v) is 11.1. The number of carbonyl (C=O) groups excluding carboxylic acids is 1. The molecule has 4 aliphatic rings. The van der Waals surface area contributed by atoms with E-state index < -0.39 is 0 Å². The van der Waals surface area contributed by atoms with E-state index in [0.29, 0.717) is 17.5 Å². The molecule has 0 atom stereocenters. The maximum Gasteiger partial charge on any atom is 0.256 e. The lowest BCUT2D eigenvalue weighted by atomic mass is 9.49. The Hall–Kier alpha value is -2.42. The summed E-state index contributed by atoms with van der Waals surface area (Å²) in [5.74, 6) is 3.55. The molecule has 2 aromatic rings. The zero-order chi connectivity index (χ0) is 19.7. The fraction of sp³-hybridized carbons (Fsp3) is 0.462. The van der Waals surface area contributed by atoms with Crippen molar-refractivity contribution in [1.29, 1.82) is 0 Å². The molecule has 2 aromatic carbocycles. The summed E-state index contributed by atoms with van der Waals surface area (Å²) in [6.07, 6.45) is 9.20. The standard InChI is InChI=1S/C26H30N2O/c29-25(23-9-5-2-6-10-23)28-24(27-18-19-7-3-1-4-8-19)17-26-14-20-11-21(15-26)13-22(12-20)16-26/h1-10,20-22H,11-18H2,(H,27,28,29). The predicted molar refractivity (Wildman–Crippen MR) is 117 cm³/mol. The molecule has 0 spiro atoms. The maximum atomic E-state index is 12.9. The molecular formula is C26H30N2O. The van der Waals surface area contributed by atoms with Crippen molar-refractivity contribution in [1.82, 2.24) is 5.32 Å². The van der Waals surface area contributed by atoms with Gasteiger partial charge in [-0.3, -0.25) is 9.79 Å². The molecule has 0 heterocycles. The van der Waals surface area contributed by atoms with E-state index in [1.54, 1.807) is 0 Å². The summed E-state index contributed by atoms with van der Waals surface area (Å²) in [5, 5.41) is 3.19. The third kappa shape index (κ3) is 4.14. The molecule has 0 aliphatic heterocycles. The molecule has 3 heteroatoms. The number of nitrogens with zero attached hydrogens (tertiary/aromatic N) is 1. The molecule has 4 saturated carbocycles. The summed E-state index contributed by atoms with van der Waals surface area (Å²) >= 11 is 0. The number of benzene rings is 2. The van der Waals surface area contributed by atoms with Gasteiger partial charge in [0.2, 0.25) is 0 Å². The number of nitrogens with one attached hydrogen (secondary N) is 1. The van der Waals surface area contributed by atoms with Crippen molar-refractivity contribution < 1.29 is 4.79 Å². The molecule has 0 radical (unpaired) electrons. The maximum absolute atomic E-state index is 12.9. The number of carbonyl (C=O) groups is 1. The normalized spacial score (nSPS) is 30.3. The minimum Gasteiger partial charge on any atom is -0.310 e. The summed E-state index contributed by atoms with van der Waals surface area (Å²) in [6, 6.07) is 19.8. The highest BCUT2D eigenvalue weighted by molar-refractivity contribution is 6.06. The van der Waals surface area contributed by atoms with Crippen molar-refractivity contribution in [3.8, 4) is 0 Å². The molecule has 1 amide bonds. The number of amides is 1. The van der Waals surface area contributed by atoms with Gasteiger partial charge in [0, 0.05) is 12.0 Å². The smallest absolute Gasteiger partial charge is 0.256 e. The van der Waals surface area contributed by atoms with Crippen LogP contribution < -0.4 is 5.32 Å². The highest BCUT2D eigenvalue weighted by Gasteiger charge is 2.51. The fourth-order valence-corrected chi connectivity index (χ4v) is 6.56. The SMILES string of the molecule is O=C(NC(CC12CC3CC(CC(C3)C1)C2)=NCc1ccccc1)c1ccccc1. The van der Waals surface area contributed by atoms with Crippen LogP contribution in [-0.2, 0) is 6.54 Å². The van der Waals surface area contributed by atoms with Crippen LogP contribution >= 0.6 is 0 Å². The number of rotatable bonds is 5. The van der Waals surface area contributed by atoms with Crippen LogP contribution in [0.1, 0.15) is 60.9 Å². The molecule has 3 nitrogen and oxygen atoms in total. The Morgan fingerprint density at radius 2 is 1.41 bits per heavy atom. The minimum atomic E-state index is -0.0397. The monoisotopic (exact) mass is 386 g/mol. The van der Waals surface area contributed by atoms with Crippen LogP contribution in [0.5, 0.6) is 0 Å². The molecule has 0 unspecified atom stereocenters. The minimum absolute atomic E-state index is 0.0397. The molecule has 150 valence electrons. The molecule has 4 fully saturated rings. The van der Waals surface area contributed by atoms with Crippen LogP contribution in [0.25, 0.3) is 0 Å². The van der Waals surface area contributed by atoms with Gasteiger partial charge in [0.25, 0.3) is 5.91 Å². The van der Waals surface area contributed by atoms with Crippen molar-refractivity contribution in [2.45, 2.75) is 51.5 Å². The lowest BCUT2D eigenvalue weighted by molar-refractivity contribution is -0.0484. The molecule has 0 saturated heterocycles. The van der Waals surface area contributed by atoms with Crippen molar-refractivity contribution in [2.75, 3.05) is 0 Å². The number of aliphatic imine (C=N–C) groups is 1. The first-order chi connectivity index (χ1) is 14.2. The second-order valence-corrected chi connectivity index (χ2v) is 9.66. The van der Waals surface area contributed by atoms with E-state index >= 15 is 0 Å². The van der Waals surface area contributed by atoms with Gasteiger partial charge in [0.15, 0.2) is 0 Å². The molecule has 6 rings (SSSR count). The second-order valence-electron chi connectivity index (χ2n) is 9.66. The van der Waals surface area contributed by atoms with Crippen LogP contribution in [0.4, 0.5) is 0 Å². The summed E-state index contributed by atoms with van der Waals surface area (Å²) < 4.78 is 0. The molecule has 4 aliphatic carbocycles. The van der Waals surface area contributed by atoms with Gasteiger partial charge in [-0.1, -0.05) is 48.5 Å². The first kappa shape index (κ1) is 18.6. The largest absolute Gasteiger partial charge is 0.310 e. The van der Waals surface area contributed by atoms with E-state index in [2.05, 4.69) is 17.4 Å². The van der Waals surface area contributed by atoms with Gasteiger partial charge in [-0.15, -0.1) is 0 Å². The number of hydrogen-bond donors (Lipinski definition) is 1. The Morgan fingerprint density at radius 3 is 2.00 bits per heavy atom. The fourth-order valence-electron chi connectivity index (χ4n) is 6.56. The Morgan fingerprint density at radius 1 is 0.862 bits per heavy atom. The Labute approximate surface area is 173 Å². The van der Waals surface area contributed by atoms with Crippen LogP contribution in [0.15, 0.2) is 65.7 Å². The Kier molecular flexibility index (Phi) is 4.99. The number of amidine groups is 1. The highest BCUT2D eigenvalue weighted by atomic mass is 16.1. The molecule has 1 N–H and O–H groups in total. The molecule has 0 aromatic heterocycles. The van der Waals surface area contributed by atoms with E-state index in [4.69, 9.17) is 4.99 Å². The van der Waals surface area contributed by atoms with E-state index in [9.17, 15) is 4.79 Å². The van der Waals surface area contributed by atoms with Gasteiger partial charge in [0.1, 0.15) is 5.84 Å². The van der Waals surface area contributed by atoms with Gasteiger partial charge >= 0.3 is 0 Å². The zero-order valence-corrected chi connectivity index (χ0v) is 17.0. The van der Waals surface area contributed by atoms with E-state index in [-0.39, 0.29) is 5.91 Å². The molecule has 29 heavy (non-hydrogen) atoms. The first-order valence-electron chi connectivity index (χ1n) is 11.1. The Balaban J connectivity index is 1.37. The van der Waals surface area contributed by atoms with Crippen LogP contribution in [-0.4, -0.2) is 11.7 Å². The average Bonchev–Trinajstić information content (AvgIpc) is 2.72. The van der Waals surface area contributed by atoms with Gasteiger partial charge < -0.3 is 5.32 Å². The van der Waals surface area contributed by atoms with Gasteiger partial charge in [0.05, 0.1) is 6.54 Å². The van der Waals surface area contributed by atoms with E-state index in [1.807, 2.05) is 48.5 Å². The van der Waals surface area contributed by atoms with Crippen molar-refractivity contribution in [2.24, 2.45) is 28.2 Å². The van der Waals surface area contributed by atoms with Crippen molar-refractivity contribution in [3.05, 3.63) is 71.8 Å². The van der Waals surface area contributed by atoms with Crippen molar-refractivity contribution in [3.63, 3.8) is 0 Å². The Bertz CT molecular complexity index is 852. The van der Waals surface area contributed by atoms with Crippen LogP contribution in [0.2, 0.25) is 0 Å². The highest BCUT2D eigenvalue weighted by Crippen LogP contribution is 2.61. The number of hydrogen-bond acceptors (Lipinski definition) is 2. The van der Waals surface area contributed by atoms with Gasteiger partial charge in [-0.25, -0.2) is 0 Å². The van der Waals surface area contributed by atoms with E-state index in [1.165, 1.54) is 44.1 Å².